The maximum absolute atomic E-state index is 6.09. The van der Waals surface area contributed by atoms with Crippen molar-refractivity contribution in [3.8, 4) is 11.1 Å². The molecule has 2 aliphatic heterocycles. The first kappa shape index (κ1) is 19.0. The van der Waals surface area contributed by atoms with E-state index in [0.717, 1.165) is 29.2 Å². The zero-order chi connectivity index (χ0) is 20.8. The van der Waals surface area contributed by atoms with Crippen LogP contribution in [0.3, 0.4) is 0 Å². The fourth-order valence-corrected chi connectivity index (χ4v) is 4.55. The Morgan fingerprint density at radius 3 is 2.63 bits per heavy atom. The zero-order valence-corrected chi connectivity index (χ0v) is 18.1. The summed E-state index contributed by atoms with van der Waals surface area (Å²) in [7, 11) is 4.01. The van der Waals surface area contributed by atoms with Crippen molar-refractivity contribution in [1.29, 1.82) is 0 Å². The molecule has 154 valence electrons. The van der Waals surface area contributed by atoms with E-state index < -0.39 is 0 Å². The first-order valence-corrected chi connectivity index (χ1v) is 10.5. The average molecular weight is 421 g/mol. The quantitative estimate of drug-likeness (QED) is 0.645. The summed E-state index contributed by atoms with van der Waals surface area (Å²) in [6.07, 6.45) is 4.94. The van der Waals surface area contributed by atoms with E-state index in [2.05, 4.69) is 64.3 Å². The third kappa shape index (κ3) is 3.32. The lowest BCUT2D eigenvalue weighted by Crippen LogP contribution is -2.40. The summed E-state index contributed by atoms with van der Waals surface area (Å²) in [6, 6.07) is 14.9. The van der Waals surface area contributed by atoms with Crippen LogP contribution in [0.4, 0.5) is 5.69 Å². The van der Waals surface area contributed by atoms with Crippen LogP contribution in [-0.2, 0) is 7.05 Å². The molecule has 1 aromatic heterocycles. The highest BCUT2D eigenvalue weighted by Gasteiger charge is 2.33. The van der Waals surface area contributed by atoms with Crippen molar-refractivity contribution >= 4 is 23.0 Å². The number of nitrogens with one attached hydrogen (secondary N) is 2. The van der Waals surface area contributed by atoms with E-state index in [9.17, 15) is 0 Å². The monoisotopic (exact) mass is 420 g/mol. The number of anilines is 1. The van der Waals surface area contributed by atoms with E-state index in [0.29, 0.717) is 0 Å². The maximum Gasteiger partial charge on any atom is 0.0816 e. The zero-order valence-electron chi connectivity index (χ0n) is 17.4. The molecule has 6 nitrogen and oxygen atoms in total. The van der Waals surface area contributed by atoms with Crippen LogP contribution in [0, 0.1) is 0 Å². The molecule has 0 spiro atoms. The van der Waals surface area contributed by atoms with Gasteiger partial charge in [0, 0.05) is 48.7 Å². The summed E-state index contributed by atoms with van der Waals surface area (Å²) in [5, 5.41) is 13.2. The lowest BCUT2D eigenvalue weighted by atomic mass is 9.93. The Morgan fingerprint density at radius 1 is 1.10 bits per heavy atom. The van der Waals surface area contributed by atoms with Gasteiger partial charge in [-0.15, -0.1) is 5.12 Å². The van der Waals surface area contributed by atoms with Gasteiger partial charge < -0.3 is 10.7 Å². The lowest BCUT2D eigenvalue weighted by Gasteiger charge is -2.27. The summed E-state index contributed by atoms with van der Waals surface area (Å²) in [5.74, 6) is 0. The maximum atomic E-state index is 6.09. The summed E-state index contributed by atoms with van der Waals surface area (Å²) in [5.41, 5.74) is 11.8. The molecule has 0 amide bonds. The fourth-order valence-electron chi connectivity index (χ4n) is 4.42. The number of fused-ring (bicyclic) bond motifs is 3. The van der Waals surface area contributed by atoms with Crippen LogP contribution < -0.4 is 10.7 Å². The predicted molar refractivity (Wildman–Crippen MR) is 121 cm³/mol. The average Bonchev–Trinajstić information content (AvgIpc) is 3.23. The molecule has 2 aromatic carbocycles. The minimum Gasteiger partial charge on any atom is -0.378 e. The molecule has 0 radical (unpaired) electrons. The molecule has 2 aliphatic rings. The molecule has 1 atom stereocenters. The minimum absolute atomic E-state index is 0.178. The molecular weight excluding hydrogens is 396 g/mol. The number of rotatable bonds is 3. The molecule has 5 rings (SSSR count). The predicted octanol–water partition coefficient (Wildman–Crippen LogP) is 4.65. The highest BCUT2D eigenvalue weighted by Crippen LogP contribution is 2.40. The molecule has 1 unspecified atom stereocenters. The molecule has 0 aliphatic carbocycles. The smallest absolute Gasteiger partial charge is 0.0816 e. The Hall–Kier alpha value is -2.96. The molecule has 0 saturated heterocycles. The molecule has 0 saturated carbocycles. The number of aromatic nitrogens is 2. The Kier molecular flexibility index (Phi) is 4.68. The Labute approximate surface area is 181 Å². The molecule has 0 bridgehead atoms. The van der Waals surface area contributed by atoms with Gasteiger partial charge in [-0.1, -0.05) is 23.7 Å². The van der Waals surface area contributed by atoms with E-state index in [4.69, 9.17) is 11.6 Å². The van der Waals surface area contributed by atoms with E-state index in [-0.39, 0.29) is 6.04 Å². The molecule has 0 fully saturated rings. The van der Waals surface area contributed by atoms with Crippen LogP contribution in [0.25, 0.3) is 16.8 Å². The largest absolute Gasteiger partial charge is 0.378 e. The Balaban J connectivity index is 1.61. The van der Waals surface area contributed by atoms with Gasteiger partial charge in [0.25, 0.3) is 0 Å². The molecule has 3 aromatic rings. The first-order valence-electron chi connectivity index (χ1n) is 10.1. The van der Waals surface area contributed by atoms with Gasteiger partial charge in [0.15, 0.2) is 0 Å². The van der Waals surface area contributed by atoms with Crippen molar-refractivity contribution < 1.29 is 0 Å². The highest BCUT2D eigenvalue weighted by atomic mass is 35.5. The Morgan fingerprint density at radius 2 is 1.90 bits per heavy atom. The third-order valence-electron chi connectivity index (χ3n) is 5.84. The molecular formula is C23H25ClN6. The summed E-state index contributed by atoms with van der Waals surface area (Å²) >= 11 is 6.09. The molecule has 3 heterocycles. The van der Waals surface area contributed by atoms with Crippen LogP contribution >= 0.6 is 11.6 Å². The lowest BCUT2D eigenvalue weighted by molar-refractivity contribution is 0.0447. The van der Waals surface area contributed by atoms with Crippen LogP contribution in [-0.4, -0.2) is 33.5 Å². The van der Waals surface area contributed by atoms with Gasteiger partial charge in [-0.05, 0) is 54.8 Å². The summed E-state index contributed by atoms with van der Waals surface area (Å²) < 4.78 is 1.84. The summed E-state index contributed by atoms with van der Waals surface area (Å²) in [6.45, 7) is 3.05. The Bertz CT molecular complexity index is 1120. The van der Waals surface area contributed by atoms with Gasteiger partial charge in [-0.25, -0.2) is 0 Å². The second-order valence-electron chi connectivity index (χ2n) is 7.93. The van der Waals surface area contributed by atoms with Gasteiger partial charge in [-0.3, -0.25) is 9.69 Å². The number of nitrogens with zero attached hydrogens (tertiary/aromatic N) is 4. The topological polar surface area (TPSA) is 48.4 Å². The highest BCUT2D eigenvalue weighted by molar-refractivity contribution is 6.30. The van der Waals surface area contributed by atoms with Crippen LogP contribution in [0.1, 0.15) is 30.5 Å². The van der Waals surface area contributed by atoms with E-state index in [1.54, 1.807) is 0 Å². The van der Waals surface area contributed by atoms with Crippen molar-refractivity contribution in [3.05, 3.63) is 76.7 Å². The van der Waals surface area contributed by atoms with Crippen LogP contribution in [0.15, 0.2) is 60.6 Å². The number of halogens is 1. The normalized spacial score (nSPS) is 18.7. The number of allylic oxidation sites excluding steroid dienone is 1. The fraction of sp³-hybridized carbons (Fsp3) is 0.261. The van der Waals surface area contributed by atoms with Crippen molar-refractivity contribution in [3.63, 3.8) is 0 Å². The van der Waals surface area contributed by atoms with Gasteiger partial charge in [-0.2, -0.15) is 5.10 Å². The SMILES string of the molecule is CC1=C2c3ccc(-c4cnn(C)c4)cc3C(Nc3ccc(Cl)cc3)CCN2N(C)N1. The van der Waals surface area contributed by atoms with E-state index in [1.807, 2.05) is 42.2 Å². The number of hydrazine groups is 2. The van der Waals surface area contributed by atoms with Gasteiger partial charge in [0.05, 0.1) is 23.6 Å². The summed E-state index contributed by atoms with van der Waals surface area (Å²) in [4.78, 5) is 0. The second kappa shape index (κ2) is 7.38. The van der Waals surface area contributed by atoms with Gasteiger partial charge >= 0.3 is 0 Å². The molecule has 7 heteroatoms. The van der Waals surface area contributed by atoms with Crippen LogP contribution in [0.2, 0.25) is 5.02 Å². The number of benzene rings is 2. The second-order valence-corrected chi connectivity index (χ2v) is 8.37. The van der Waals surface area contributed by atoms with E-state index >= 15 is 0 Å². The molecule has 2 N–H and O–H groups in total. The standard InChI is InChI=1S/C23H25ClN6/c1-15-23-20-9-4-16(17-13-25-28(2)14-17)12-21(20)22(10-11-30(23)29(3)27-15)26-19-7-5-18(24)6-8-19/h4-9,12-14,22,26-27H,10-11H2,1-3H3. The number of hydrogen-bond acceptors (Lipinski definition) is 5. The first-order chi connectivity index (χ1) is 14.5. The van der Waals surface area contributed by atoms with Crippen molar-refractivity contribution in [1.82, 2.24) is 25.3 Å². The van der Waals surface area contributed by atoms with Crippen molar-refractivity contribution in [2.45, 2.75) is 19.4 Å². The number of aryl methyl sites for hydroxylation is 1. The van der Waals surface area contributed by atoms with Gasteiger partial charge in [0.1, 0.15) is 0 Å². The third-order valence-corrected chi connectivity index (χ3v) is 6.09. The van der Waals surface area contributed by atoms with Gasteiger partial charge in [0.2, 0.25) is 0 Å². The van der Waals surface area contributed by atoms with E-state index in [1.165, 1.54) is 28.1 Å². The molecule has 30 heavy (non-hydrogen) atoms. The van der Waals surface area contributed by atoms with Crippen molar-refractivity contribution in [2.75, 3.05) is 18.9 Å². The van der Waals surface area contributed by atoms with Crippen molar-refractivity contribution in [2.24, 2.45) is 7.05 Å². The minimum atomic E-state index is 0.178. The number of hydrogen-bond donors (Lipinski definition) is 2. The van der Waals surface area contributed by atoms with Crippen LogP contribution in [0.5, 0.6) is 0 Å².